The van der Waals surface area contributed by atoms with Crippen molar-refractivity contribution in [2.24, 2.45) is 0 Å². The molecule has 6 heteroatoms. The van der Waals surface area contributed by atoms with Gasteiger partial charge in [0, 0.05) is 17.7 Å². The van der Waals surface area contributed by atoms with Gasteiger partial charge in [-0.3, -0.25) is 14.8 Å². The SMILES string of the molecule is C#CC#Cc1ccc(C(=O)NCC(CC(=O)NO)OC(C)(C)C)cc1. The Bertz CT molecular complexity index is 700. The summed E-state index contributed by atoms with van der Waals surface area (Å²) in [4.78, 5) is 23.6. The normalized spacial score (nSPS) is 11.5. The minimum Gasteiger partial charge on any atom is -0.370 e. The zero-order valence-electron chi connectivity index (χ0n) is 14.6. The monoisotopic (exact) mass is 342 g/mol. The number of hydrogen-bond donors (Lipinski definition) is 3. The first-order valence-electron chi connectivity index (χ1n) is 7.71. The highest BCUT2D eigenvalue weighted by molar-refractivity contribution is 5.94. The molecule has 1 rings (SSSR count). The average Bonchev–Trinajstić information content (AvgIpc) is 2.56. The molecule has 0 radical (unpaired) electrons. The number of hydroxylamine groups is 1. The van der Waals surface area contributed by atoms with Gasteiger partial charge in [0.1, 0.15) is 0 Å². The molecule has 0 bridgehead atoms. The second kappa shape index (κ2) is 9.48. The van der Waals surface area contributed by atoms with Crippen molar-refractivity contribution in [3.63, 3.8) is 0 Å². The first kappa shape index (κ1) is 20.2. The molecule has 0 aromatic heterocycles. The van der Waals surface area contributed by atoms with Gasteiger partial charge in [-0.05, 0) is 56.9 Å². The molecule has 0 aliphatic heterocycles. The number of ether oxygens (including phenoxy) is 1. The van der Waals surface area contributed by atoms with Gasteiger partial charge in [-0.2, -0.15) is 0 Å². The van der Waals surface area contributed by atoms with Crippen molar-refractivity contribution < 1.29 is 19.5 Å². The van der Waals surface area contributed by atoms with Crippen LogP contribution in [0.25, 0.3) is 0 Å². The quantitative estimate of drug-likeness (QED) is 0.415. The molecule has 0 aliphatic carbocycles. The number of hydrogen-bond acceptors (Lipinski definition) is 4. The van der Waals surface area contributed by atoms with Crippen LogP contribution in [0.1, 0.15) is 43.1 Å². The maximum atomic E-state index is 12.2. The van der Waals surface area contributed by atoms with Gasteiger partial charge in [-0.1, -0.05) is 5.92 Å². The first-order chi connectivity index (χ1) is 11.7. The summed E-state index contributed by atoms with van der Waals surface area (Å²) < 4.78 is 5.74. The molecule has 0 fully saturated rings. The fraction of sp³-hybridized carbons (Fsp3) is 0.368. The molecule has 6 nitrogen and oxygen atoms in total. The number of amides is 2. The highest BCUT2D eigenvalue weighted by Gasteiger charge is 2.22. The molecule has 1 aromatic rings. The third kappa shape index (κ3) is 8.03. The van der Waals surface area contributed by atoms with Gasteiger partial charge in [0.25, 0.3) is 5.91 Å². The maximum absolute atomic E-state index is 12.2. The topological polar surface area (TPSA) is 87.7 Å². The standard InChI is InChI=1S/C19H22N2O4/c1-5-6-7-14-8-10-15(11-9-14)18(23)20-13-16(12-17(22)21-24)25-19(2,3)4/h1,8-11,16,24H,12-13H2,2-4H3,(H,20,23)(H,21,22). The molecule has 132 valence electrons. The molecular formula is C19H22N2O4. The van der Waals surface area contributed by atoms with E-state index >= 15 is 0 Å². The first-order valence-corrected chi connectivity index (χ1v) is 7.71. The van der Waals surface area contributed by atoms with Crippen LogP contribution in [0.5, 0.6) is 0 Å². The fourth-order valence-electron chi connectivity index (χ4n) is 2.03. The Labute approximate surface area is 147 Å². The molecule has 0 heterocycles. The summed E-state index contributed by atoms with van der Waals surface area (Å²) in [5.41, 5.74) is 2.23. The van der Waals surface area contributed by atoms with Crippen LogP contribution in [0.3, 0.4) is 0 Å². The van der Waals surface area contributed by atoms with Gasteiger partial charge in [0.2, 0.25) is 5.91 Å². The third-order valence-electron chi connectivity index (χ3n) is 2.97. The summed E-state index contributed by atoms with van der Waals surface area (Å²) in [7, 11) is 0. The van der Waals surface area contributed by atoms with Crippen molar-refractivity contribution >= 4 is 11.8 Å². The lowest BCUT2D eigenvalue weighted by Crippen LogP contribution is -2.40. The third-order valence-corrected chi connectivity index (χ3v) is 2.97. The lowest BCUT2D eigenvalue weighted by molar-refractivity contribution is -0.135. The number of carbonyl (C=O) groups is 2. The Kier molecular flexibility index (Phi) is 7.68. The molecule has 1 aromatic carbocycles. The molecule has 0 saturated carbocycles. The zero-order valence-corrected chi connectivity index (χ0v) is 14.6. The van der Waals surface area contributed by atoms with E-state index in [-0.39, 0.29) is 18.9 Å². The van der Waals surface area contributed by atoms with Crippen molar-refractivity contribution in [2.45, 2.75) is 38.9 Å². The number of nitrogens with one attached hydrogen (secondary N) is 2. The number of terminal acetylenes is 1. The van der Waals surface area contributed by atoms with Crippen molar-refractivity contribution in [2.75, 3.05) is 6.54 Å². The molecule has 1 unspecified atom stereocenters. The second-order valence-electron chi connectivity index (χ2n) is 6.27. The van der Waals surface area contributed by atoms with E-state index in [1.807, 2.05) is 20.8 Å². The van der Waals surface area contributed by atoms with Crippen LogP contribution in [-0.4, -0.2) is 35.3 Å². The summed E-state index contributed by atoms with van der Waals surface area (Å²) >= 11 is 0. The minimum absolute atomic E-state index is 0.0747. The summed E-state index contributed by atoms with van der Waals surface area (Å²) in [6.07, 6.45) is 4.42. The van der Waals surface area contributed by atoms with Crippen LogP contribution in [0.2, 0.25) is 0 Å². The van der Waals surface area contributed by atoms with E-state index in [1.54, 1.807) is 29.7 Å². The molecule has 0 saturated heterocycles. The van der Waals surface area contributed by atoms with E-state index in [2.05, 4.69) is 23.1 Å². The summed E-state index contributed by atoms with van der Waals surface area (Å²) in [5.74, 6) is 6.59. The lowest BCUT2D eigenvalue weighted by atomic mass is 10.1. The van der Waals surface area contributed by atoms with Crippen LogP contribution in [-0.2, 0) is 9.53 Å². The summed E-state index contributed by atoms with van der Waals surface area (Å²) in [6, 6.07) is 6.66. The van der Waals surface area contributed by atoms with Crippen LogP contribution in [0.4, 0.5) is 0 Å². The van der Waals surface area contributed by atoms with Crippen molar-refractivity contribution in [3.05, 3.63) is 35.4 Å². The van der Waals surface area contributed by atoms with E-state index in [0.29, 0.717) is 11.1 Å². The van der Waals surface area contributed by atoms with E-state index in [9.17, 15) is 9.59 Å². The predicted octanol–water partition coefficient (Wildman–Crippen LogP) is 1.48. The zero-order chi connectivity index (χ0) is 18.9. The number of benzene rings is 1. The highest BCUT2D eigenvalue weighted by atomic mass is 16.5. The van der Waals surface area contributed by atoms with Crippen molar-refractivity contribution in [3.8, 4) is 24.2 Å². The summed E-state index contributed by atoms with van der Waals surface area (Å²) in [6.45, 7) is 5.65. The van der Waals surface area contributed by atoms with Crippen LogP contribution in [0.15, 0.2) is 24.3 Å². The van der Waals surface area contributed by atoms with Gasteiger partial charge in [-0.15, -0.1) is 6.42 Å². The molecule has 25 heavy (non-hydrogen) atoms. The average molecular weight is 342 g/mol. The van der Waals surface area contributed by atoms with Crippen molar-refractivity contribution in [1.82, 2.24) is 10.8 Å². The van der Waals surface area contributed by atoms with Gasteiger partial charge >= 0.3 is 0 Å². The Morgan fingerprint density at radius 1 is 1.28 bits per heavy atom. The molecule has 0 aliphatic rings. The van der Waals surface area contributed by atoms with Crippen LogP contribution in [0, 0.1) is 24.2 Å². The van der Waals surface area contributed by atoms with Gasteiger partial charge in [0.15, 0.2) is 0 Å². The largest absolute Gasteiger partial charge is 0.370 e. The Morgan fingerprint density at radius 2 is 1.92 bits per heavy atom. The van der Waals surface area contributed by atoms with Gasteiger partial charge in [-0.25, -0.2) is 5.48 Å². The van der Waals surface area contributed by atoms with E-state index in [0.717, 1.165) is 0 Å². The number of rotatable bonds is 6. The van der Waals surface area contributed by atoms with Gasteiger partial charge in [0.05, 0.1) is 18.1 Å². The van der Waals surface area contributed by atoms with Crippen LogP contribution < -0.4 is 10.8 Å². The van der Waals surface area contributed by atoms with Crippen LogP contribution >= 0.6 is 0 Å². The van der Waals surface area contributed by atoms with E-state index < -0.39 is 17.6 Å². The Balaban J connectivity index is 2.69. The molecule has 3 N–H and O–H groups in total. The molecule has 2 amide bonds. The lowest BCUT2D eigenvalue weighted by Gasteiger charge is -2.27. The highest BCUT2D eigenvalue weighted by Crippen LogP contribution is 2.13. The Morgan fingerprint density at radius 3 is 2.44 bits per heavy atom. The molecular weight excluding hydrogens is 320 g/mol. The van der Waals surface area contributed by atoms with Gasteiger partial charge < -0.3 is 10.1 Å². The van der Waals surface area contributed by atoms with E-state index in [1.165, 1.54) is 0 Å². The second-order valence-corrected chi connectivity index (χ2v) is 6.27. The summed E-state index contributed by atoms with van der Waals surface area (Å²) in [5, 5.41) is 11.4. The van der Waals surface area contributed by atoms with E-state index in [4.69, 9.17) is 16.4 Å². The minimum atomic E-state index is -0.583. The number of carbonyl (C=O) groups excluding carboxylic acids is 2. The fourth-order valence-corrected chi connectivity index (χ4v) is 2.03. The maximum Gasteiger partial charge on any atom is 0.251 e. The molecule has 1 atom stereocenters. The predicted molar refractivity (Wildman–Crippen MR) is 93.7 cm³/mol. The Hall–Kier alpha value is -2.80. The smallest absolute Gasteiger partial charge is 0.251 e. The molecule has 0 spiro atoms. The van der Waals surface area contributed by atoms with Crippen molar-refractivity contribution in [1.29, 1.82) is 0 Å².